The molecule has 6 nitrogen and oxygen atoms in total. The second-order valence-corrected chi connectivity index (χ2v) is 11.6. The Labute approximate surface area is 238 Å². The molecule has 0 bridgehead atoms. The number of fused-ring (bicyclic) bond motifs is 1. The molecule has 0 radical (unpaired) electrons. The van der Waals surface area contributed by atoms with Crippen LogP contribution >= 0.6 is 43.2 Å². The third kappa shape index (κ3) is 6.43. The third-order valence-corrected chi connectivity index (χ3v) is 8.58. The summed E-state index contributed by atoms with van der Waals surface area (Å²) in [6.45, 7) is 6.15. The summed E-state index contributed by atoms with van der Waals surface area (Å²) in [5.74, 6) is 0.664. The van der Waals surface area contributed by atoms with Crippen LogP contribution in [0.1, 0.15) is 52.5 Å². The van der Waals surface area contributed by atoms with E-state index in [0.717, 1.165) is 57.4 Å². The molecule has 0 aliphatic heterocycles. The number of hydrogen-bond donors (Lipinski definition) is 1. The van der Waals surface area contributed by atoms with Crippen molar-refractivity contribution < 1.29 is 14.3 Å². The van der Waals surface area contributed by atoms with E-state index in [9.17, 15) is 10.1 Å². The van der Waals surface area contributed by atoms with Gasteiger partial charge in [-0.25, -0.2) is 4.99 Å². The van der Waals surface area contributed by atoms with Crippen LogP contribution in [0.5, 0.6) is 11.5 Å². The number of rotatable bonds is 8. The maximum atomic E-state index is 12.6. The van der Waals surface area contributed by atoms with E-state index in [4.69, 9.17) is 9.47 Å². The highest BCUT2D eigenvalue weighted by Gasteiger charge is 2.20. The Bertz CT molecular complexity index is 1410. The number of nitriles is 1. The van der Waals surface area contributed by atoms with Gasteiger partial charge in [-0.1, -0.05) is 0 Å². The number of hydrogen-bond acceptors (Lipinski definition) is 6. The number of amides is 1. The molecule has 1 heterocycles. The van der Waals surface area contributed by atoms with E-state index in [2.05, 4.69) is 48.2 Å². The van der Waals surface area contributed by atoms with Gasteiger partial charge in [0.15, 0.2) is 18.1 Å². The molecule has 3 aromatic rings. The van der Waals surface area contributed by atoms with Gasteiger partial charge in [-0.2, -0.15) is 5.26 Å². The van der Waals surface area contributed by atoms with E-state index in [1.165, 1.54) is 4.88 Å². The van der Waals surface area contributed by atoms with Gasteiger partial charge in [0.25, 0.3) is 5.91 Å². The Morgan fingerprint density at radius 1 is 1.14 bits per heavy atom. The first kappa shape index (κ1) is 27.4. The molecule has 0 unspecified atom stereocenters. The van der Waals surface area contributed by atoms with Crippen LogP contribution < -0.4 is 14.8 Å². The number of aliphatic imine (C=N–C) groups is 1. The molecule has 1 aliphatic carbocycles. The van der Waals surface area contributed by atoms with Crippen LogP contribution in [0, 0.1) is 25.2 Å². The fraction of sp³-hybridized carbons (Fsp3) is 0.321. The van der Waals surface area contributed by atoms with Crippen LogP contribution in [-0.4, -0.2) is 25.3 Å². The summed E-state index contributed by atoms with van der Waals surface area (Å²) >= 11 is 8.67. The molecule has 2 aromatic carbocycles. The lowest BCUT2D eigenvalue weighted by molar-refractivity contribution is -0.118. The molecule has 0 atom stereocenters. The van der Waals surface area contributed by atoms with Gasteiger partial charge >= 0.3 is 0 Å². The van der Waals surface area contributed by atoms with Crippen molar-refractivity contribution in [3.63, 3.8) is 0 Å². The van der Waals surface area contributed by atoms with Gasteiger partial charge < -0.3 is 14.8 Å². The standard InChI is InChI=1S/C28H27Br2N3O3S/c1-4-35-24-12-18(14-32-28-20(13-31)19-7-5-6-8-25(19)37-28)11-22(30)27(24)36-15-26(34)33-23-10-17(3)16(2)9-21(23)29/h9-12,14H,4-8,15H2,1-3H3,(H,33,34). The Balaban J connectivity index is 1.51. The lowest BCUT2D eigenvalue weighted by atomic mass is 9.96. The number of aryl methyl sites for hydroxylation is 3. The van der Waals surface area contributed by atoms with Gasteiger partial charge in [-0.15, -0.1) is 11.3 Å². The molecule has 1 aliphatic rings. The normalized spacial score (nSPS) is 12.8. The van der Waals surface area contributed by atoms with Gasteiger partial charge in [0, 0.05) is 15.6 Å². The fourth-order valence-electron chi connectivity index (χ4n) is 4.16. The average Bonchev–Trinajstić information content (AvgIpc) is 3.23. The summed E-state index contributed by atoms with van der Waals surface area (Å²) in [5.41, 5.74) is 5.57. The summed E-state index contributed by atoms with van der Waals surface area (Å²) in [6.07, 6.45) is 5.98. The first-order valence-corrected chi connectivity index (χ1v) is 14.4. The molecule has 1 aromatic heterocycles. The number of halogens is 2. The van der Waals surface area contributed by atoms with Crippen LogP contribution in [-0.2, 0) is 17.6 Å². The predicted octanol–water partition coefficient (Wildman–Crippen LogP) is 7.81. The van der Waals surface area contributed by atoms with Gasteiger partial charge in [0.05, 0.1) is 22.3 Å². The van der Waals surface area contributed by atoms with Crippen molar-refractivity contribution >= 4 is 66.0 Å². The molecule has 1 amide bonds. The maximum absolute atomic E-state index is 12.6. The zero-order valence-electron chi connectivity index (χ0n) is 20.9. The topological polar surface area (TPSA) is 83.7 Å². The second kappa shape index (κ2) is 12.2. The number of thiophene rings is 1. The summed E-state index contributed by atoms with van der Waals surface area (Å²) in [6, 6.07) is 9.93. The fourth-order valence-corrected chi connectivity index (χ4v) is 6.47. The predicted molar refractivity (Wildman–Crippen MR) is 156 cm³/mol. The maximum Gasteiger partial charge on any atom is 0.262 e. The quantitative estimate of drug-likeness (QED) is 0.254. The minimum absolute atomic E-state index is 0.183. The second-order valence-electron chi connectivity index (χ2n) is 8.78. The van der Waals surface area contributed by atoms with E-state index < -0.39 is 0 Å². The first-order valence-electron chi connectivity index (χ1n) is 12.0. The number of nitrogens with zero attached hydrogens (tertiary/aromatic N) is 2. The number of carbonyl (C=O) groups excluding carboxylic acids is 1. The van der Waals surface area contributed by atoms with E-state index >= 15 is 0 Å². The molecule has 37 heavy (non-hydrogen) atoms. The molecular weight excluding hydrogens is 618 g/mol. The number of benzene rings is 2. The van der Waals surface area contributed by atoms with Crippen LogP contribution in [0.2, 0.25) is 0 Å². The molecule has 0 saturated heterocycles. The van der Waals surface area contributed by atoms with Crippen LogP contribution in [0.25, 0.3) is 0 Å². The highest BCUT2D eigenvalue weighted by molar-refractivity contribution is 9.11. The van der Waals surface area contributed by atoms with Gasteiger partial charge in [0.2, 0.25) is 0 Å². The first-order chi connectivity index (χ1) is 17.8. The van der Waals surface area contributed by atoms with Crippen molar-refractivity contribution in [1.29, 1.82) is 5.26 Å². The molecule has 4 rings (SSSR count). The van der Waals surface area contributed by atoms with Crippen molar-refractivity contribution in [2.45, 2.75) is 46.5 Å². The molecule has 1 N–H and O–H groups in total. The van der Waals surface area contributed by atoms with Crippen LogP contribution in [0.3, 0.4) is 0 Å². The smallest absolute Gasteiger partial charge is 0.262 e. The highest BCUT2D eigenvalue weighted by atomic mass is 79.9. The van der Waals surface area contributed by atoms with E-state index in [-0.39, 0.29) is 12.5 Å². The third-order valence-electron chi connectivity index (χ3n) is 6.13. The summed E-state index contributed by atoms with van der Waals surface area (Å²) in [4.78, 5) is 18.6. The van der Waals surface area contributed by atoms with Gasteiger partial charge in [-0.05, 0) is 125 Å². The van der Waals surface area contributed by atoms with Crippen LogP contribution in [0.4, 0.5) is 10.7 Å². The Morgan fingerprint density at radius 2 is 1.89 bits per heavy atom. The largest absolute Gasteiger partial charge is 0.490 e. The molecule has 0 spiro atoms. The number of nitrogens with one attached hydrogen (secondary N) is 1. The Morgan fingerprint density at radius 3 is 2.65 bits per heavy atom. The van der Waals surface area contributed by atoms with Crippen LogP contribution in [0.15, 0.2) is 38.2 Å². The summed E-state index contributed by atoms with van der Waals surface area (Å²) in [5, 5.41) is 13.3. The summed E-state index contributed by atoms with van der Waals surface area (Å²) < 4.78 is 13.1. The van der Waals surface area contributed by atoms with Crippen molar-refractivity contribution in [2.24, 2.45) is 4.99 Å². The van der Waals surface area contributed by atoms with E-state index in [1.807, 2.05) is 45.0 Å². The SMILES string of the molecule is CCOc1cc(C=Nc2sc3c(c2C#N)CCCC3)cc(Br)c1OCC(=O)Nc1cc(C)c(C)cc1Br. The van der Waals surface area contributed by atoms with Crippen molar-refractivity contribution in [2.75, 3.05) is 18.5 Å². The zero-order valence-corrected chi connectivity index (χ0v) is 24.9. The van der Waals surface area contributed by atoms with E-state index in [0.29, 0.717) is 33.8 Å². The van der Waals surface area contributed by atoms with Crippen molar-refractivity contribution in [1.82, 2.24) is 0 Å². The monoisotopic (exact) mass is 643 g/mol. The van der Waals surface area contributed by atoms with E-state index in [1.54, 1.807) is 17.6 Å². The molecule has 0 fully saturated rings. The van der Waals surface area contributed by atoms with Gasteiger partial charge in [-0.3, -0.25) is 4.79 Å². The molecule has 0 saturated carbocycles. The minimum atomic E-state index is -0.283. The van der Waals surface area contributed by atoms with Crippen molar-refractivity contribution in [3.05, 3.63) is 65.9 Å². The number of ether oxygens (including phenoxy) is 2. The summed E-state index contributed by atoms with van der Waals surface area (Å²) in [7, 11) is 0. The minimum Gasteiger partial charge on any atom is -0.490 e. The highest BCUT2D eigenvalue weighted by Crippen LogP contribution is 2.40. The number of anilines is 1. The molecule has 9 heteroatoms. The Kier molecular flexibility index (Phi) is 9.06. The lowest BCUT2D eigenvalue weighted by Gasteiger charge is -2.15. The lowest BCUT2D eigenvalue weighted by Crippen LogP contribution is -2.21. The molecule has 192 valence electrons. The Hall–Kier alpha value is -2.67. The average molecular weight is 645 g/mol. The number of carbonyl (C=O) groups is 1. The molecular formula is C28H27Br2N3O3S. The van der Waals surface area contributed by atoms with Gasteiger partial charge in [0.1, 0.15) is 11.1 Å². The zero-order chi connectivity index (χ0) is 26.5. The van der Waals surface area contributed by atoms with Crippen molar-refractivity contribution in [3.8, 4) is 17.6 Å².